The Bertz CT molecular complexity index is 49.9. The average molecular weight is 118 g/mol. The van der Waals surface area contributed by atoms with E-state index in [1.165, 1.54) is 0 Å². The molecule has 0 aliphatic heterocycles. The molecule has 8 heavy (non-hydrogen) atoms. The van der Waals surface area contributed by atoms with Crippen LogP contribution in [0, 0.1) is 0 Å². The van der Waals surface area contributed by atoms with Crippen molar-refractivity contribution in [1.82, 2.24) is 0 Å². The maximum atomic E-state index is 2.22. The molecule has 0 spiro atoms. The maximum absolute atomic E-state index is 2.22. The summed E-state index contributed by atoms with van der Waals surface area (Å²) in [5, 5.41) is 0. The van der Waals surface area contributed by atoms with Crippen molar-refractivity contribution in [2.45, 2.75) is 27.3 Å². The Kier molecular flexibility index (Phi) is 4.18. The van der Waals surface area contributed by atoms with Gasteiger partial charge in [0.1, 0.15) is 0 Å². The zero-order chi connectivity index (χ0) is 6.08. The zero-order valence-corrected chi connectivity index (χ0v) is 6.02. The maximum Gasteiger partial charge on any atom is 0.0827 e. The van der Waals surface area contributed by atoms with Gasteiger partial charge in [0.2, 0.25) is 0 Å². The van der Waals surface area contributed by atoms with Crippen molar-refractivity contribution in [3.8, 4) is 0 Å². The molecule has 0 aromatic carbocycles. The molecule has 0 aliphatic rings. The predicted molar refractivity (Wildman–Crippen MR) is 39.9 cm³/mol. The molecule has 0 aromatic heterocycles. The van der Waals surface area contributed by atoms with Crippen molar-refractivity contribution in [3.63, 3.8) is 0 Å². The summed E-state index contributed by atoms with van der Waals surface area (Å²) in [6.07, 6.45) is 0. The number of quaternary nitrogens is 1. The third-order valence-electron chi connectivity index (χ3n) is 1.55. The molecule has 0 rings (SSSR count). The number of hydrogen-bond donors (Lipinski definition) is 0. The normalized spacial score (nSPS) is 11.2. The van der Waals surface area contributed by atoms with Crippen LogP contribution in [-0.4, -0.2) is 31.7 Å². The summed E-state index contributed by atoms with van der Waals surface area (Å²) in [5.74, 6) is 0. The lowest BCUT2D eigenvalue weighted by Gasteiger charge is -2.28. The topological polar surface area (TPSA) is 0 Å². The fraction of sp³-hybridized carbons (Fsp3) is 1.00. The molecular weight excluding hydrogens is 98.1 g/mol. The summed E-state index contributed by atoms with van der Waals surface area (Å²) in [5.41, 5.74) is 0. The number of rotatable bonds is 1. The van der Waals surface area contributed by atoms with Gasteiger partial charge in [0, 0.05) is 0 Å². The lowest BCUT2D eigenvalue weighted by Crippen LogP contribution is -2.41. The van der Waals surface area contributed by atoms with Gasteiger partial charge >= 0.3 is 0 Å². The van der Waals surface area contributed by atoms with E-state index in [1.54, 1.807) is 0 Å². The van der Waals surface area contributed by atoms with Gasteiger partial charge in [0.05, 0.1) is 27.2 Å². The Morgan fingerprint density at radius 3 is 1.12 bits per heavy atom. The minimum Gasteiger partial charge on any atom is -0.329 e. The molecule has 0 atom stereocenters. The van der Waals surface area contributed by atoms with Crippen LogP contribution < -0.4 is 0 Å². The van der Waals surface area contributed by atoms with E-state index in [2.05, 4.69) is 35.0 Å². The van der Waals surface area contributed by atoms with Crippen molar-refractivity contribution in [1.29, 1.82) is 0 Å². The quantitative estimate of drug-likeness (QED) is 0.460. The first-order valence-corrected chi connectivity index (χ1v) is 2.75. The van der Waals surface area contributed by atoms with Crippen LogP contribution in [0.2, 0.25) is 0 Å². The molecule has 0 aromatic rings. The van der Waals surface area contributed by atoms with E-state index in [1.807, 2.05) is 0 Å². The van der Waals surface area contributed by atoms with E-state index in [0.717, 1.165) is 10.5 Å². The Balaban J connectivity index is 0. The monoisotopic (exact) mass is 118 g/mol. The number of nitrogens with zero attached hydrogens (tertiary/aromatic N) is 1. The van der Waals surface area contributed by atoms with Crippen molar-refractivity contribution >= 4 is 0 Å². The molecular formula is C7H20N+. The smallest absolute Gasteiger partial charge is 0.0827 e. The molecule has 0 amide bonds. The third kappa shape index (κ3) is 4.13. The van der Waals surface area contributed by atoms with Crippen molar-refractivity contribution < 1.29 is 4.48 Å². The van der Waals surface area contributed by atoms with E-state index >= 15 is 0 Å². The largest absolute Gasteiger partial charge is 0.329 e. The highest BCUT2D eigenvalue weighted by Gasteiger charge is 2.10. The minimum absolute atomic E-state index is 0. The highest BCUT2D eigenvalue weighted by atomic mass is 15.3. The Hall–Kier alpha value is -0.0400. The van der Waals surface area contributed by atoms with Crippen LogP contribution >= 0.6 is 0 Å². The Morgan fingerprint density at radius 2 is 1.12 bits per heavy atom. The van der Waals surface area contributed by atoms with E-state index < -0.39 is 0 Å². The van der Waals surface area contributed by atoms with Gasteiger partial charge < -0.3 is 4.48 Å². The molecule has 0 saturated heterocycles. The first-order chi connectivity index (χ1) is 2.94. The lowest BCUT2D eigenvalue weighted by atomic mass is 10.3. The molecule has 0 saturated carbocycles. The number of hydrogen-bond acceptors (Lipinski definition) is 0. The molecule has 0 fully saturated rings. The van der Waals surface area contributed by atoms with Gasteiger partial charge in [-0.2, -0.15) is 0 Å². The molecule has 1 heteroatoms. The van der Waals surface area contributed by atoms with Gasteiger partial charge in [-0.25, -0.2) is 0 Å². The van der Waals surface area contributed by atoms with Crippen LogP contribution in [0.3, 0.4) is 0 Å². The van der Waals surface area contributed by atoms with Crippen LogP contribution in [-0.2, 0) is 0 Å². The van der Waals surface area contributed by atoms with E-state index in [0.29, 0.717) is 0 Å². The molecule has 1 nitrogen and oxygen atoms in total. The van der Waals surface area contributed by atoms with Gasteiger partial charge in [-0.3, -0.25) is 0 Å². The summed E-state index contributed by atoms with van der Waals surface area (Å²) >= 11 is 0. The summed E-state index contributed by atoms with van der Waals surface area (Å²) in [6, 6.07) is 0.736. The fourth-order valence-electron chi connectivity index (χ4n) is 0. The second kappa shape index (κ2) is 3.08. The molecule has 0 radical (unpaired) electrons. The van der Waals surface area contributed by atoms with Crippen LogP contribution in [0.5, 0.6) is 0 Å². The zero-order valence-electron chi connectivity index (χ0n) is 6.02. The molecule has 0 N–H and O–H groups in total. The van der Waals surface area contributed by atoms with Crippen LogP contribution in [0.25, 0.3) is 0 Å². The van der Waals surface area contributed by atoms with E-state index in [4.69, 9.17) is 0 Å². The SMILES string of the molecule is C.CC(C)[N+](C)(C)C. The summed E-state index contributed by atoms with van der Waals surface area (Å²) < 4.78 is 1.06. The summed E-state index contributed by atoms with van der Waals surface area (Å²) in [6.45, 7) is 4.44. The Labute approximate surface area is 53.9 Å². The van der Waals surface area contributed by atoms with Crippen molar-refractivity contribution in [3.05, 3.63) is 0 Å². The molecule has 0 bridgehead atoms. The van der Waals surface area contributed by atoms with Gasteiger partial charge in [0.25, 0.3) is 0 Å². The summed E-state index contributed by atoms with van der Waals surface area (Å²) in [4.78, 5) is 0. The molecule has 0 aliphatic carbocycles. The predicted octanol–water partition coefficient (Wildman–Crippen LogP) is 1.74. The third-order valence-corrected chi connectivity index (χ3v) is 1.55. The highest BCUT2D eigenvalue weighted by Crippen LogP contribution is 1.97. The van der Waals surface area contributed by atoms with E-state index in [-0.39, 0.29) is 7.43 Å². The van der Waals surface area contributed by atoms with Gasteiger partial charge in [0.15, 0.2) is 0 Å². The highest BCUT2D eigenvalue weighted by molar-refractivity contribution is 4.31. The van der Waals surface area contributed by atoms with Gasteiger partial charge in [-0.05, 0) is 13.8 Å². The first kappa shape index (κ1) is 10.9. The average Bonchev–Trinajstić information content (AvgIpc) is 1.31. The first-order valence-electron chi connectivity index (χ1n) is 2.75. The van der Waals surface area contributed by atoms with Gasteiger partial charge in [-0.15, -0.1) is 0 Å². The van der Waals surface area contributed by atoms with Gasteiger partial charge in [-0.1, -0.05) is 7.43 Å². The van der Waals surface area contributed by atoms with Crippen molar-refractivity contribution in [2.24, 2.45) is 0 Å². The standard InChI is InChI=1S/C6H16N.CH4/c1-6(2)7(3,4)5;/h6H,1-5H3;1H4/q+1;. The van der Waals surface area contributed by atoms with Crippen LogP contribution in [0.15, 0.2) is 0 Å². The minimum atomic E-state index is 0. The molecule has 52 valence electrons. The second-order valence-corrected chi connectivity index (χ2v) is 3.21. The fourth-order valence-corrected chi connectivity index (χ4v) is 0. The van der Waals surface area contributed by atoms with Crippen LogP contribution in [0.1, 0.15) is 21.3 Å². The molecule has 0 heterocycles. The Morgan fingerprint density at radius 1 is 1.00 bits per heavy atom. The van der Waals surface area contributed by atoms with Crippen molar-refractivity contribution in [2.75, 3.05) is 21.1 Å². The van der Waals surface area contributed by atoms with Crippen LogP contribution in [0.4, 0.5) is 0 Å². The summed E-state index contributed by atoms with van der Waals surface area (Å²) in [7, 11) is 6.60. The molecule has 0 unspecified atom stereocenters. The lowest BCUT2D eigenvalue weighted by molar-refractivity contribution is -0.891. The second-order valence-electron chi connectivity index (χ2n) is 3.21. The van der Waals surface area contributed by atoms with E-state index in [9.17, 15) is 0 Å².